The zero-order chi connectivity index (χ0) is 16.6. The molecule has 2 heterocycles. The second-order valence-corrected chi connectivity index (χ2v) is 7.13. The van der Waals surface area contributed by atoms with Gasteiger partial charge in [0.25, 0.3) is 5.91 Å². The Balaban J connectivity index is 1.80. The Bertz CT molecular complexity index is 616. The molecule has 1 unspecified atom stereocenters. The third-order valence-electron chi connectivity index (χ3n) is 5.30. The Kier molecular flexibility index (Phi) is 4.17. The average molecular weight is 318 g/mol. The first-order valence-corrected chi connectivity index (χ1v) is 8.55. The summed E-state index contributed by atoms with van der Waals surface area (Å²) in [5.41, 5.74) is 0.467. The van der Waals surface area contributed by atoms with Crippen molar-refractivity contribution in [3.63, 3.8) is 0 Å². The molecule has 1 N–H and O–H groups in total. The summed E-state index contributed by atoms with van der Waals surface area (Å²) < 4.78 is 1.67. The molecular formula is C17H26N4O2. The second-order valence-electron chi connectivity index (χ2n) is 7.13. The fourth-order valence-electron chi connectivity index (χ4n) is 3.62. The van der Waals surface area contributed by atoms with Crippen LogP contribution >= 0.6 is 0 Å². The highest BCUT2D eigenvalue weighted by atomic mass is 16.2. The first-order chi connectivity index (χ1) is 10.9. The van der Waals surface area contributed by atoms with Crippen LogP contribution in [0.5, 0.6) is 0 Å². The van der Waals surface area contributed by atoms with Gasteiger partial charge in [-0.05, 0) is 32.8 Å². The number of likely N-dealkylation sites (N-methyl/N-ethyl adjacent to an activating group) is 1. The number of nitrogens with one attached hydrogen (secondary N) is 1. The molecule has 0 bridgehead atoms. The van der Waals surface area contributed by atoms with Crippen molar-refractivity contribution in [3.05, 3.63) is 17.5 Å². The molecule has 1 aliphatic carbocycles. The molecule has 0 saturated heterocycles. The average Bonchev–Trinajstić information content (AvgIpc) is 2.72. The van der Waals surface area contributed by atoms with Gasteiger partial charge < -0.3 is 10.2 Å². The molecule has 1 aromatic rings. The van der Waals surface area contributed by atoms with E-state index in [-0.39, 0.29) is 17.9 Å². The van der Waals surface area contributed by atoms with Gasteiger partial charge in [0.15, 0.2) is 0 Å². The maximum Gasteiger partial charge on any atom is 0.272 e. The maximum atomic E-state index is 12.9. The largest absolute Gasteiger partial charge is 0.351 e. The van der Waals surface area contributed by atoms with Crippen molar-refractivity contribution < 1.29 is 9.59 Å². The van der Waals surface area contributed by atoms with Crippen LogP contribution in [-0.2, 0) is 11.3 Å². The standard InChI is InChI=1S/C17H26N4O2/c1-12-10-14-15(22)20(3)17(2,11-21(14)19-12)16(23)18-13-8-6-4-5-7-9-13/h10,13H,4-9,11H2,1-3H3,(H,18,23). The smallest absolute Gasteiger partial charge is 0.272 e. The second kappa shape index (κ2) is 5.98. The molecule has 3 rings (SSSR count). The summed E-state index contributed by atoms with van der Waals surface area (Å²) in [5.74, 6) is -0.214. The molecule has 1 saturated carbocycles. The molecule has 2 aliphatic rings. The van der Waals surface area contributed by atoms with E-state index in [9.17, 15) is 9.59 Å². The van der Waals surface area contributed by atoms with Gasteiger partial charge in [0.05, 0.1) is 12.2 Å². The first-order valence-electron chi connectivity index (χ1n) is 8.55. The van der Waals surface area contributed by atoms with Crippen LogP contribution in [0.1, 0.15) is 61.6 Å². The van der Waals surface area contributed by atoms with Gasteiger partial charge in [-0.1, -0.05) is 25.7 Å². The number of amides is 2. The number of hydrogen-bond donors (Lipinski definition) is 1. The van der Waals surface area contributed by atoms with Crippen LogP contribution in [0.25, 0.3) is 0 Å². The number of aryl methyl sites for hydroxylation is 1. The Morgan fingerprint density at radius 3 is 2.61 bits per heavy atom. The van der Waals surface area contributed by atoms with Crippen LogP contribution in [-0.4, -0.2) is 45.1 Å². The molecule has 2 amide bonds. The summed E-state index contributed by atoms with van der Waals surface area (Å²) in [6.07, 6.45) is 6.89. The highest BCUT2D eigenvalue weighted by molar-refractivity contribution is 5.99. The van der Waals surface area contributed by atoms with Crippen molar-refractivity contribution in [2.45, 2.75) is 70.5 Å². The summed E-state index contributed by atoms with van der Waals surface area (Å²) in [4.78, 5) is 27.1. The SMILES string of the molecule is Cc1cc2n(n1)CC(C)(C(=O)NC1CCCCCC1)N(C)C2=O. The van der Waals surface area contributed by atoms with Crippen molar-refractivity contribution in [1.29, 1.82) is 0 Å². The molecule has 23 heavy (non-hydrogen) atoms. The third-order valence-corrected chi connectivity index (χ3v) is 5.30. The number of carbonyl (C=O) groups is 2. The monoisotopic (exact) mass is 318 g/mol. The Morgan fingerprint density at radius 2 is 1.96 bits per heavy atom. The number of rotatable bonds is 2. The minimum absolute atomic E-state index is 0.0703. The Labute approximate surface area is 137 Å². The predicted molar refractivity (Wildman–Crippen MR) is 87.1 cm³/mol. The van der Waals surface area contributed by atoms with E-state index in [0.29, 0.717) is 12.2 Å². The molecule has 1 fully saturated rings. The minimum Gasteiger partial charge on any atom is -0.351 e. The molecule has 1 atom stereocenters. The van der Waals surface area contributed by atoms with Gasteiger partial charge in [-0.3, -0.25) is 14.3 Å². The third kappa shape index (κ3) is 2.86. The van der Waals surface area contributed by atoms with Gasteiger partial charge in [-0.2, -0.15) is 5.10 Å². The van der Waals surface area contributed by atoms with E-state index >= 15 is 0 Å². The van der Waals surface area contributed by atoms with E-state index < -0.39 is 5.54 Å². The number of nitrogens with zero attached hydrogens (tertiary/aromatic N) is 3. The highest BCUT2D eigenvalue weighted by Gasteiger charge is 2.46. The lowest BCUT2D eigenvalue weighted by Crippen LogP contribution is -2.63. The first kappa shape index (κ1) is 16.0. The van der Waals surface area contributed by atoms with E-state index in [1.54, 1.807) is 22.7 Å². The highest BCUT2D eigenvalue weighted by Crippen LogP contribution is 2.27. The molecule has 0 aromatic carbocycles. The van der Waals surface area contributed by atoms with Gasteiger partial charge in [0.2, 0.25) is 5.91 Å². The van der Waals surface area contributed by atoms with E-state index in [1.165, 1.54) is 25.7 Å². The van der Waals surface area contributed by atoms with Crippen LogP contribution < -0.4 is 5.32 Å². The molecule has 1 aromatic heterocycles. The summed E-state index contributed by atoms with van der Waals surface area (Å²) in [7, 11) is 1.71. The summed E-state index contributed by atoms with van der Waals surface area (Å²) in [6, 6.07) is 2.01. The molecule has 1 aliphatic heterocycles. The van der Waals surface area contributed by atoms with Crippen LogP contribution in [0, 0.1) is 6.92 Å². The van der Waals surface area contributed by atoms with Crippen LogP contribution in [0.15, 0.2) is 6.07 Å². The fourth-order valence-corrected chi connectivity index (χ4v) is 3.62. The topological polar surface area (TPSA) is 67.2 Å². The normalized spacial score (nSPS) is 25.9. The lowest BCUT2D eigenvalue weighted by molar-refractivity contribution is -0.133. The van der Waals surface area contributed by atoms with E-state index in [0.717, 1.165) is 18.5 Å². The Morgan fingerprint density at radius 1 is 1.30 bits per heavy atom. The van der Waals surface area contributed by atoms with Gasteiger partial charge in [0.1, 0.15) is 11.2 Å². The predicted octanol–water partition coefficient (Wildman–Crippen LogP) is 1.87. The molecule has 6 nitrogen and oxygen atoms in total. The van der Waals surface area contributed by atoms with Gasteiger partial charge >= 0.3 is 0 Å². The Hall–Kier alpha value is -1.85. The number of aromatic nitrogens is 2. The lowest BCUT2D eigenvalue weighted by Gasteiger charge is -2.41. The quantitative estimate of drug-likeness (QED) is 0.847. The number of hydrogen-bond acceptors (Lipinski definition) is 3. The van der Waals surface area contributed by atoms with Crippen LogP contribution in [0.2, 0.25) is 0 Å². The molecule has 0 spiro atoms. The van der Waals surface area contributed by atoms with Gasteiger partial charge in [0, 0.05) is 13.1 Å². The minimum atomic E-state index is -0.894. The van der Waals surface area contributed by atoms with Crippen LogP contribution in [0.3, 0.4) is 0 Å². The molecule has 126 valence electrons. The summed E-state index contributed by atoms with van der Waals surface area (Å²) >= 11 is 0. The van der Waals surface area contributed by atoms with Gasteiger partial charge in [-0.15, -0.1) is 0 Å². The molecule has 6 heteroatoms. The van der Waals surface area contributed by atoms with E-state index in [2.05, 4.69) is 10.4 Å². The van der Waals surface area contributed by atoms with E-state index in [1.807, 2.05) is 13.8 Å². The maximum absolute atomic E-state index is 12.9. The van der Waals surface area contributed by atoms with Crippen molar-refractivity contribution in [2.75, 3.05) is 7.05 Å². The number of carbonyl (C=O) groups excluding carboxylic acids is 2. The molecule has 0 radical (unpaired) electrons. The summed E-state index contributed by atoms with van der Waals surface area (Å²) in [6.45, 7) is 4.09. The lowest BCUT2D eigenvalue weighted by atomic mass is 9.95. The van der Waals surface area contributed by atoms with Crippen molar-refractivity contribution >= 4 is 11.8 Å². The van der Waals surface area contributed by atoms with Gasteiger partial charge in [-0.25, -0.2) is 0 Å². The zero-order valence-corrected chi connectivity index (χ0v) is 14.3. The van der Waals surface area contributed by atoms with Crippen molar-refractivity contribution in [1.82, 2.24) is 20.0 Å². The number of fused-ring (bicyclic) bond motifs is 1. The van der Waals surface area contributed by atoms with Crippen molar-refractivity contribution in [3.8, 4) is 0 Å². The zero-order valence-electron chi connectivity index (χ0n) is 14.3. The van der Waals surface area contributed by atoms with E-state index in [4.69, 9.17) is 0 Å². The fraction of sp³-hybridized carbons (Fsp3) is 0.706. The van der Waals surface area contributed by atoms with Crippen LogP contribution in [0.4, 0.5) is 0 Å². The summed E-state index contributed by atoms with van der Waals surface area (Å²) in [5, 5.41) is 7.55. The molecular weight excluding hydrogens is 292 g/mol. The van der Waals surface area contributed by atoms with Crippen molar-refractivity contribution in [2.24, 2.45) is 0 Å².